The van der Waals surface area contributed by atoms with Crippen molar-refractivity contribution in [3.05, 3.63) is 0 Å². The minimum Gasteiger partial charge on any atom is -0.469 e. The fourth-order valence-corrected chi connectivity index (χ4v) is 0.773. The maximum absolute atomic E-state index is 11.0. The quantitative estimate of drug-likeness (QED) is 0.538. The van der Waals surface area contributed by atoms with Crippen LogP contribution in [0, 0.1) is 0 Å². The van der Waals surface area contributed by atoms with Crippen LogP contribution in [0.2, 0.25) is 0 Å². The third kappa shape index (κ3) is 6.24. The molecule has 0 fully saturated rings. The van der Waals surface area contributed by atoms with E-state index in [1.165, 1.54) is 7.11 Å². The van der Waals surface area contributed by atoms with Crippen molar-refractivity contribution in [3.8, 4) is 0 Å². The molecule has 5 nitrogen and oxygen atoms in total. The number of aliphatic hydroxyl groups excluding tert-OH is 2. The first-order chi connectivity index (χ1) is 6.10. The lowest BCUT2D eigenvalue weighted by Gasteiger charge is -2.04. The zero-order valence-corrected chi connectivity index (χ0v) is 7.52. The van der Waals surface area contributed by atoms with E-state index in [0.717, 1.165) is 0 Å². The fourth-order valence-electron chi connectivity index (χ4n) is 0.773. The highest BCUT2D eigenvalue weighted by atomic mass is 16.5. The molecule has 0 bridgehead atoms. The Morgan fingerprint density at radius 3 is 2.46 bits per heavy atom. The van der Waals surface area contributed by atoms with Crippen LogP contribution in [-0.4, -0.2) is 41.8 Å². The second-order valence-electron chi connectivity index (χ2n) is 2.66. The van der Waals surface area contributed by atoms with Crippen LogP contribution in [0.15, 0.2) is 0 Å². The molecule has 0 saturated carbocycles. The van der Waals surface area contributed by atoms with Gasteiger partial charge in [0.05, 0.1) is 26.2 Å². The molecule has 0 aromatic heterocycles. The minimum atomic E-state index is -1.02. The fraction of sp³-hybridized carbons (Fsp3) is 0.750. The zero-order valence-electron chi connectivity index (χ0n) is 7.52. The van der Waals surface area contributed by atoms with Gasteiger partial charge in [-0.1, -0.05) is 0 Å². The second kappa shape index (κ2) is 6.56. The molecule has 1 unspecified atom stereocenters. The number of hydrogen-bond acceptors (Lipinski definition) is 5. The van der Waals surface area contributed by atoms with Crippen LogP contribution in [0.25, 0.3) is 0 Å². The van der Waals surface area contributed by atoms with Gasteiger partial charge in [-0.2, -0.15) is 0 Å². The molecule has 0 aromatic rings. The summed E-state index contributed by atoms with van der Waals surface area (Å²) in [4.78, 5) is 21.5. The largest absolute Gasteiger partial charge is 0.469 e. The summed E-state index contributed by atoms with van der Waals surface area (Å²) in [5, 5.41) is 17.3. The van der Waals surface area contributed by atoms with Crippen molar-refractivity contribution in [1.29, 1.82) is 0 Å². The number of ketones is 1. The van der Waals surface area contributed by atoms with E-state index in [1.807, 2.05) is 0 Å². The number of rotatable bonds is 6. The molecule has 0 spiro atoms. The highest BCUT2D eigenvalue weighted by molar-refractivity contribution is 5.83. The Hall–Kier alpha value is -0.940. The van der Waals surface area contributed by atoms with E-state index in [4.69, 9.17) is 10.2 Å². The standard InChI is InChI=1S/C8H14O5/c1-13-8(12)3-2-6(10)4-7(11)5-9/h7,9,11H,2-5H2,1H3. The summed E-state index contributed by atoms with van der Waals surface area (Å²) in [6.45, 7) is -0.441. The van der Waals surface area contributed by atoms with E-state index in [1.54, 1.807) is 0 Å². The van der Waals surface area contributed by atoms with Crippen LogP contribution in [0.1, 0.15) is 19.3 Å². The molecule has 0 amide bonds. The topological polar surface area (TPSA) is 83.8 Å². The van der Waals surface area contributed by atoms with E-state index in [2.05, 4.69) is 4.74 Å². The second-order valence-corrected chi connectivity index (χ2v) is 2.66. The van der Waals surface area contributed by atoms with Crippen LogP contribution in [0.3, 0.4) is 0 Å². The number of aliphatic hydroxyl groups is 2. The Bertz CT molecular complexity index is 177. The van der Waals surface area contributed by atoms with Gasteiger partial charge in [0.2, 0.25) is 0 Å². The number of methoxy groups -OCH3 is 1. The molecule has 0 aliphatic rings. The van der Waals surface area contributed by atoms with Crippen LogP contribution in [0.5, 0.6) is 0 Å². The first kappa shape index (κ1) is 12.1. The maximum atomic E-state index is 11.0. The first-order valence-corrected chi connectivity index (χ1v) is 3.97. The Labute approximate surface area is 76.3 Å². The van der Waals surface area contributed by atoms with Gasteiger partial charge in [-0.3, -0.25) is 9.59 Å². The Kier molecular flexibility index (Phi) is 6.09. The highest BCUT2D eigenvalue weighted by Crippen LogP contribution is 2.00. The van der Waals surface area contributed by atoms with E-state index >= 15 is 0 Å². The Balaban J connectivity index is 3.57. The Morgan fingerprint density at radius 1 is 1.38 bits per heavy atom. The van der Waals surface area contributed by atoms with Crippen molar-refractivity contribution in [1.82, 2.24) is 0 Å². The van der Waals surface area contributed by atoms with Crippen molar-refractivity contribution >= 4 is 11.8 Å². The van der Waals surface area contributed by atoms with Crippen LogP contribution < -0.4 is 0 Å². The Morgan fingerprint density at radius 2 is 2.00 bits per heavy atom. The smallest absolute Gasteiger partial charge is 0.305 e. The monoisotopic (exact) mass is 190 g/mol. The van der Waals surface area contributed by atoms with Crippen LogP contribution in [-0.2, 0) is 14.3 Å². The first-order valence-electron chi connectivity index (χ1n) is 3.97. The summed E-state index contributed by atoms with van der Waals surface area (Å²) in [6.07, 6.45) is -1.07. The van der Waals surface area contributed by atoms with Gasteiger partial charge in [-0.25, -0.2) is 0 Å². The molecular weight excluding hydrogens is 176 g/mol. The average Bonchev–Trinajstić information content (AvgIpc) is 2.13. The number of carbonyl (C=O) groups is 2. The van der Waals surface area contributed by atoms with Crippen molar-refractivity contribution in [2.24, 2.45) is 0 Å². The van der Waals surface area contributed by atoms with Crippen LogP contribution >= 0.6 is 0 Å². The van der Waals surface area contributed by atoms with Gasteiger partial charge in [-0.05, 0) is 0 Å². The minimum absolute atomic E-state index is 0.0213. The lowest BCUT2D eigenvalue weighted by molar-refractivity contribution is -0.142. The average molecular weight is 190 g/mol. The summed E-state index contributed by atoms with van der Waals surface area (Å²) < 4.78 is 4.33. The van der Waals surface area contributed by atoms with Crippen molar-refractivity contribution < 1.29 is 24.5 Å². The number of carbonyl (C=O) groups excluding carboxylic acids is 2. The van der Waals surface area contributed by atoms with Gasteiger partial charge in [0.15, 0.2) is 0 Å². The van der Waals surface area contributed by atoms with Gasteiger partial charge in [0, 0.05) is 12.8 Å². The SMILES string of the molecule is COC(=O)CCC(=O)CC(O)CO. The van der Waals surface area contributed by atoms with Gasteiger partial charge in [-0.15, -0.1) is 0 Å². The third-order valence-electron chi connectivity index (χ3n) is 1.51. The summed E-state index contributed by atoms with van der Waals surface area (Å²) >= 11 is 0. The van der Waals surface area contributed by atoms with Crippen molar-refractivity contribution in [2.75, 3.05) is 13.7 Å². The molecule has 76 valence electrons. The molecule has 0 aromatic carbocycles. The molecule has 2 N–H and O–H groups in total. The number of Topliss-reactive ketones (excluding diaryl/α,β-unsaturated/α-hetero) is 1. The highest BCUT2D eigenvalue weighted by Gasteiger charge is 2.11. The van der Waals surface area contributed by atoms with E-state index in [0.29, 0.717) is 0 Å². The molecular formula is C8H14O5. The van der Waals surface area contributed by atoms with Crippen LogP contribution in [0.4, 0.5) is 0 Å². The number of ether oxygens (including phenoxy) is 1. The molecule has 0 rings (SSSR count). The van der Waals surface area contributed by atoms with Gasteiger partial charge >= 0.3 is 5.97 Å². The van der Waals surface area contributed by atoms with Crippen molar-refractivity contribution in [3.63, 3.8) is 0 Å². The normalized spacial score (nSPS) is 12.2. The van der Waals surface area contributed by atoms with Crippen molar-refractivity contribution in [2.45, 2.75) is 25.4 Å². The molecule has 0 aliphatic carbocycles. The predicted molar refractivity (Wildman–Crippen MR) is 44.0 cm³/mol. The summed E-state index contributed by atoms with van der Waals surface area (Å²) in [5.41, 5.74) is 0. The molecule has 0 heterocycles. The molecule has 5 heteroatoms. The molecule has 1 atom stereocenters. The molecule has 0 saturated heterocycles. The third-order valence-corrected chi connectivity index (χ3v) is 1.51. The maximum Gasteiger partial charge on any atom is 0.305 e. The van der Waals surface area contributed by atoms with E-state index < -0.39 is 18.7 Å². The summed E-state index contributed by atoms with van der Waals surface area (Å²) in [6, 6.07) is 0. The molecule has 13 heavy (non-hydrogen) atoms. The van der Waals surface area contributed by atoms with E-state index in [9.17, 15) is 9.59 Å². The number of hydrogen-bond donors (Lipinski definition) is 2. The van der Waals surface area contributed by atoms with Gasteiger partial charge in [0.1, 0.15) is 5.78 Å². The summed E-state index contributed by atoms with van der Waals surface area (Å²) in [7, 11) is 1.25. The zero-order chi connectivity index (χ0) is 10.3. The predicted octanol–water partition coefficient (Wildman–Crippen LogP) is -0.748. The lowest BCUT2D eigenvalue weighted by atomic mass is 10.1. The summed E-state index contributed by atoms with van der Waals surface area (Å²) in [5.74, 6) is -0.709. The molecule has 0 radical (unpaired) electrons. The lowest BCUT2D eigenvalue weighted by Crippen LogP contribution is -2.18. The number of esters is 1. The van der Waals surface area contributed by atoms with Gasteiger partial charge < -0.3 is 14.9 Å². The van der Waals surface area contributed by atoms with Gasteiger partial charge in [0.25, 0.3) is 0 Å². The molecule has 0 aliphatic heterocycles. The van der Waals surface area contributed by atoms with E-state index in [-0.39, 0.29) is 25.0 Å².